The number of anilines is 3. The predicted molar refractivity (Wildman–Crippen MR) is 231 cm³/mol. The molecule has 3 heterocycles. The third-order valence-corrected chi connectivity index (χ3v) is 18.3. The van der Waals surface area contributed by atoms with Gasteiger partial charge in [-0.25, -0.2) is 0 Å². The fourth-order valence-electron chi connectivity index (χ4n) is 11.4. The van der Waals surface area contributed by atoms with Crippen molar-refractivity contribution in [2.45, 2.75) is 5.41 Å². The normalized spacial score (nSPS) is 15.2. The van der Waals surface area contributed by atoms with Gasteiger partial charge in [-0.05, 0) is 111 Å². The van der Waals surface area contributed by atoms with E-state index in [0.29, 0.717) is 0 Å². The Morgan fingerprint density at radius 2 is 0.818 bits per heavy atom. The van der Waals surface area contributed by atoms with Crippen LogP contribution in [-0.2, 0) is 5.41 Å². The third kappa shape index (κ3) is 3.42. The van der Waals surface area contributed by atoms with Crippen LogP contribution in [0.5, 0.6) is 0 Å². The van der Waals surface area contributed by atoms with Crippen molar-refractivity contribution in [2.75, 3.05) is 4.90 Å². The van der Waals surface area contributed by atoms with Gasteiger partial charge in [0.15, 0.2) is 8.07 Å². The lowest BCUT2D eigenvalue weighted by molar-refractivity contribution is 0.752. The third-order valence-electron chi connectivity index (χ3n) is 13.3. The van der Waals surface area contributed by atoms with Crippen LogP contribution in [-0.4, -0.2) is 8.07 Å². The first-order valence-electron chi connectivity index (χ1n) is 19.4. The maximum Gasteiger partial charge on any atom is 0.182 e. The topological polar surface area (TPSA) is 3.24 Å². The van der Waals surface area contributed by atoms with E-state index in [2.05, 4.69) is 205 Å². The van der Waals surface area contributed by atoms with E-state index in [1.54, 1.807) is 0 Å². The molecule has 4 aliphatic rings. The standard InChI is InChI=1S/C53H33NSi/c1-2-16-36-34(15-1)29-31-42-41-32-30-35(33-51(41)55(52(36)42)49-27-13-5-19-39(49)40-20-6-14-28-50(40)55)54-47-25-11-9-23-45(47)53(46-24-10-12-26-48(46)54)43-21-7-3-17-37(43)38-18-4-8-22-44(38)53/h1-33H. The molecule has 55 heavy (non-hydrogen) atoms. The van der Waals surface area contributed by atoms with E-state index in [1.165, 1.54) is 104 Å². The average molecular weight is 712 g/mol. The van der Waals surface area contributed by atoms with Gasteiger partial charge in [-0.15, -0.1) is 0 Å². The van der Waals surface area contributed by atoms with Crippen LogP contribution in [0.4, 0.5) is 17.1 Å². The van der Waals surface area contributed by atoms with Crippen LogP contribution < -0.4 is 25.6 Å². The lowest BCUT2D eigenvalue weighted by Gasteiger charge is -2.45. The minimum absolute atomic E-state index is 0.429. The maximum absolute atomic E-state index is 2.75. The Morgan fingerprint density at radius 3 is 1.45 bits per heavy atom. The summed E-state index contributed by atoms with van der Waals surface area (Å²) in [4.78, 5) is 2.57. The van der Waals surface area contributed by atoms with Crippen molar-refractivity contribution in [3.8, 4) is 33.4 Å². The van der Waals surface area contributed by atoms with E-state index in [4.69, 9.17) is 0 Å². The fraction of sp³-hybridized carbons (Fsp3) is 0.0189. The van der Waals surface area contributed by atoms with Crippen LogP contribution in [0.2, 0.25) is 0 Å². The van der Waals surface area contributed by atoms with Crippen molar-refractivity contribution in [1.82, 2.24) is 0 Å². The van der Waals surface area contributed by atoms with Crippen molar-refractivity contribution in [2.24, 2.45) is 0 Å². The van der Waals surface area contributed by atoms with Gasteiger partial charge >= 0.3 is 0 Å². The summed E-state index contributed by atoms with van der Waals surface area (Å²) in [5.41, 5.74) is 16.8. The molecule has 0 atom stereocenters. The summed E-state index contributed by atoms with van der Waals surface area (Å²) in [6.07, 6.45) is 0. The molecule has 2 heteroatoms. The van der Waals surface area contributed by atoms with Gasteiger partial charge in [-0.3, -0.25) is 0 Å². The zero-order valence-electron chi connectivity index (χ0n) is 30.0. The second kappa shape index (κ2) is 10.5. The van der Waals surface area contributed by atoms with Gasteiger partial charge in [0.1, 0.15) is 0 Å². The van der Waals surface area contributed by atoms with Gasteiger partial charge in [-0.1, -0.05) is 176 Å². The highest BCUT2D eigenvalue weighted by Gasteiger charge is 2.56. The first-order chi connectivity index (χ1) is 27.3. The van der Waals surface area contributed by atoms with Gasteiger partial charge in [-0.2, -0.15) is 0 Å². The average Bonchev–Trinajstić information content (AvgIpc) is 3.84. The second-order valence-corrected chi connectivity index (χ2v) is 19.1. The minimum atomic E-state index is -2.75. The molecular formula is C53H33NSi. The Balaban J connectivity index is 1.13. The molecule has 9 aromatic rings. The molecule has 0 aromatic heterocycles. The summed E-state index contributed by atoms with van der Waals surface area (Å²) in [6.45, 7) is 0. The van der Waals surface area contributed by atoms with Gasteiger partial charge in [0.05, 0.1) is 16.8 Å². The number of para-hydroxylation sites is 2. The van der Waals surface area contributed by atoms with Gasteiger partial charge < -0.3 is 4.90 Å². The van der Waals surface area contributed by atoms with E-state index in [-0.39, 0.29) is 0 Å². The van der Waals surface area contributed by atoms with Crippen LogP contribution in [0.15, 0.2) is 200 Å². The SMILES string of the molecule is c1ccc2c(c1)-c1ccccc1C21c2ccccc2N(c2ccc3c(c2)[Si]2(c4ccccc4-c4ccccc42)c2c-3ccc3ccccc23)c2ccccc21. The monoisotopic (exact) mass is 711 g/mol. The molecular weight excluding hydrogens is 679 g/mol. The highest BCUT2D eigenvalue weighted by atomic mass is 28.3. The minimum Gasteiger partial charge on any atom is -0.310 e. The van der Waals surface area contributed by atoms with Crippen molar-refractivity contribution < 1.29 is 0 Å². The molecule has 13 rings (SSSR count). The predicted octanol–water partition coefficient (Wildman–Crippen LogP) is 10.3. The van der Waals surface area contributed by atoms with Crippen molar-refractivity contribution in [3.05, 3.63) is 222 Å². The van der Waals surface area contributed by atoms with Crippen molar-refractivity contribution in [3.63, 3.8) is 0 Å². The molecule has 3 aliphatic heterocycles. The van der Waals surface area contributed by atoms with E-state index in [9.17, 15) is 0 Å². The summed E-state index contributed by atoms with van der Waals surface area (Å²) < 4.78 is 0. The fourth-order valence-corrected chi connectivity index (χ4v) is 17.2. The molecule has 1 aliphatic carbocycles. The zero-order chi connectivity index (χ0) is 35.9. The van der Waals surface area contributed by atoms with Crippen molar-refractivity contribution in [1.29, 1.82) is 0 Å². The van der Waals surface area contributed by atoms with E-state index < -0.39 is 13.5 Å². The molecule has 0 saturated heterocycles. The van der Waals surface area contributed by atoms with E-state index in [1.807, 2.05) is 0 Å². The number of rotatable bonds is 1. The Labute approximate surface area is 321 Å². The molecule has 9 aromatic carbocycles. The van der Waals surface area contributed by atoms with Crippen LogP contribution >= 0.6 is 0 Å². The maximum atomic E-state index is 2.59. The summed E-state index contributed by atoms with van der Waals surface area (Å²) in [5, 5.41) is 8.72. The Morgan fingerprint density at radius 1 is 0.345 bits per heavy atom. The van der Waals surface area contributed by atoms with Crippen LogP contribution in [0, 0.1) is 0 Å². The van der Waals surface area contributed by atoms with Crippen LogP contribution in [0.1, 0.15) is 22.3 Å². The molecule has 0 radical (unpaired) electrons. The lowest BCUT2D eigenvalue weighted by atomic mass is 9.64. The van der Waals surface area contributed by atoms with Crippen molar-refractivity contribution >= 4 is 56.7 Å². The molecule has 0 amide bonds. The Bertz CT molecular complexity index is 3000. The Kier molecular flexibility index (Phi) is 5.65. The van der Waals surface area contributed by atoms with E-state index in [0.717, 1.165) is 0 Å². The molecule has 1 nitrogen and oxygen atoms in total. The van der Waals surface area contributed by atoms with Crippen LogP contribution in [0.3, 0.4) is 0 Å². The smallest absolute Gasteiger partial charge is 0.182 e. The molecule has 0 saturated carbocycles. The molecule has 254 valence electrons. The van der Waals surface area contributed by atoms with Gasteiger partial charge in [0.25, 0.3) is 0 Å². The molecule has 2 spiro atoms. The largest absolute Gasteiger partial charge is 0.310 e. The summed E-state index contributed by atoms with van der Waals surface area (Å²) in [5.74, 6) is 0. The highest BCUT2D eigenvalue weighted by molar-refractivity contribution is 7.25. The van der Waals surface area contributed by atoms with Crippen LogP contribution in [0.25, 0.3) is 44.2 Å². The summed E-state index contributed by atoms with van der Waals surface area (Å²) >= 11 is 0. The van der Waals surface area contributed by atoms with Gasteiger partial charge in [0, 0.05) is 5.69 Å². The Hall–Kier alpha value is -6.74. The molecule has 0 unspecified atom stereocenters. The first kappa shape index (κ1) is 29.7. The second-order valence-electron chi connectivity index (χ2n) is 15.5. The van der Waals surface area contributed by atoms with Gasteiger partial charge in [0.2, 0.25) is 0 Å². The van der Waals surface area contributed by atoms with E-state index >= 15 is 0 Å². The molecule has 0 bridgehead atoms. The molecule has 0 fully saturated rings. The quantitative estimate of drug-likeness (QED) is 0.153. The molecule has 0 N–H and O–H groups in total. The zero-order valence-corrected chi connectivity index (χ0v) is 31.0. The number of nitrogens with zero attached hydrogens (tertiary/aromatic N) is 1. The lowest BCUT2D eigenvalue weighted by Crippen LogP contribution is -2.71. The number of hydrogen-bond acceptors (Lipinski definition) is 1. The summed E-state index contributed by atoms with van der Waals surface area (Å²) in [6, 6.07) is 76.3. The number of benzene rings is 9. The summed E-state index contributed by atoms with van der Waals surface area (Å²) in [7, 11) is -2.75. The highest BCUT2D eigenvalue weighted by Crippen LogP contribution is 2.63. The number of fused-ring (bicyclic) bond motifs is 21. The first-order valence-corrected chi connectivity index (χ1v) is 21.4. The number of hydrogen-bond donors (Lipinski definition) is 0.